The van der Waals surface area contributed by atoms with Crippen molar-refractivity contribution in [3.8, 4) is 22.3 Å². The fraction of sp³-hybridized carbons (Fsp3) is 0.200. The van der Waals surface area contributed by atoms with Gasteiger partial charge < -0.3 is 9.31 Å². The predicted molar refractivity (Wildman–Crippen MR) is 146 cm³/mol. The van der Waals surface area contributed by atoms with E-state index in [0.29, 0.717) is 0 Å². The van der Waals surface area contributed by atoms with E-state index in [-0.39, 0.29) is 18.3 Å². The molecule has 1 fully saturated rings. The van der Waals surface area contributed by atoms with Crippen LogP contribution in [0.15, 0.2) is 91.0 Å². The second-order valence-corrected chi connectivity index (χ2v) is 11.1. The summed E-state index contributed by atoms with van der Waals surface area (Å²) < 4.78 is 15.4. The van der Waals surface area contributed by atoms with E-state index in [1.54, 1.807) is 0 Å². The maximum absolute atomic E-state index is 6.43. The molecular formula is C30H27BO2S. The zero-order valence-corrected chi connectivity index (χ0v) is 20.8. The smallest absolute Gasteiger partial charge is 0.399 e. The summed E-state index contributed by atoms with van der Waals surface area (Å²) in [6.45, 7) is 8.43. The molecule has 0 atom stereocenters. The standard InChI is InChI=1S/C30H27BO2S/c1-29(2)30(3,4)33-31(32-29)25-11-8-12-27-28(25)24-19-23(17-18-26(24)34-27)22-15-13-21(14-16-22)20-9-6-5-7-10-20/h5-19H,1-4H3. The highest BCUT2D eigenvalue weighted by molar-refractivity contribution is 7.26. The number of rotatable bonds is 3. The van der Waals surface area contributed by atoms with E-state index >= 15 is 0 Å². The van der Waals surface area contributed by atoms with Crippen LogP contribution in [0, 0.1) is 0 Å². The van der Waals surface area contributed by atoms with E-state index in [9.17, 15) is 0 Å². The van der Waals surface area contributed by atoms with Crippen LogP contribution in [0.3, 0.4) is 0 Å². The Labute approximate surface area is 205 Å². The first-order valence-electron chi connectivity index (χ1n) is 11.8. The molecule has 0 saturated carbocycles. The number of fused-ring (bicyclic) bond motifs is 3. The van der Waals surface area contributed by atoms with E-state index in [0.717, 1.165) is 5.46 Å². The fourth-order valence-electron chi connectivity index (χ4n) is 4.69. The molecule has 4 aromatic carbocycles. The maximum atomic E-state index is 6.43. The van der Waals surface area contributed by atoms with Gasteiger partial charge in [0.25, 0.3) is 0 Å². The van der Waals surface area contributed by atoms with Crippen LogP contribution in [0.2, 0.25) is 0 Å². The van der Waals surface area contributed by atoms with Crippen molar-refractivity contribution in [2.75, 3.05) is 0 Å². The van der Waals surface area contributed by atoms with Crippen LogP contribution in [-0.4, -0.2) is 18.3 Å². The molecule has 168 valence electrons. The molecular weight excluding hydrogens is 435 g/mol. The summed E-state index contributed by atoms with van der Waals surface area (Å²) >= 11 is 1.83. The van der Waals surface area contributed by atoms with Gasteiger partial charge >= 0.3 is 7.12 Å². The van der Waals surface area contributed by atoms with Crippen molar-refractivity contribution in [1.29, 1.82) is 0 Å². The van der Waals surface area contributed by atoms with E-state index in [2.05, 4.69) is 119 Å². The molecule has 0 radical (unpaired) electrons. The Morgan fingerprint density at radius 3 is 1.85 bits per heavy atom. The van der Waals surface area contributed by atoms with Gasteiger partial charge in [-0.2, -0.15) is 0 Å². The van der Waals surface area contributed by atoms with Crippen molar-refractivity contribution in [1.82, 2.24) is 0 Å². The van der Waals surface area contributed by atoms with E-state index < -0.39 is 0 Å². The minimum absolute atomic E-state index is 0.364. The summed E-state index contributed by atoms with van der Waals surface area (Å²) in [7, 11) is -0.375. The third-order valence-corrected chi connectivity index (χ3v) is 8.50. The molecule has 2 nitrogen and oxygen atoms in total. The van der Waals surface area contributed by atoms with Crippen LogP contribution < -0.4 is 5.46 Å². The Kier molecular flexibility index (Phi) is 4.96. The van der Waals surface area contributed by atoms with Gasteiger partial charge in [-0.15, -0.1) is 11.3 Å². The fourth-order valence-corrected chi connectivity index (χ4v) is 5.81. The molecule has 5 aromatic rings. The van der Waals surface area contributed by atoms with Crippen molar-refractivity contribution < 1.29 is 9.31 Å². The van der Waals surface area contributed by atoms with Crippen molar-refractivity contribution >= 4 is 44.1 Å². The van der Waals surface area contributed by atoms with Crippen LogP contribution in [-0.2, 0) is 9.31 Å². The molecule has 34 heavy (non-hydrogen) atoms. The van der Waals surface area contributed by atoms with Gasteiger partial charge in [0.2, 0.25) is 0 Å². The summed E-state index contributed by atoms with van der Waals surface area (Å²) in [6, 6.07) is 32.6. The van der Waals surface area contributed by atoms with Crippen molar-refractivity contribution in [2.45, 2.75) is 38.9 Å². The topological polar surface area (TPSA) is 18.5 Å². The molecule has 1 aliphatic rings. The highest BCUT2D eigenvalue weighted by atomic mass is 32.1. The quantitative estimate of drug-likeness (QED) is 0.256. The van der Waals surface area contributed by atoms with E-state index in [4.69, 9.17) is 9.31 Å². The summed E-state index contributed by atoms with van der Waals surface area (Å²) in [5.41, 5.74) is 5.28. The molecule has 0 N–H and O–H groups in total. The van der Waals surface area contributed by atoms with Gasteiger partial charge in [-0.3, -0.25) is 0 Å². The molecule has 6 rings (SSSR count). The van der Waals surface area contributed by atoms with Gasteiger partial charge in [0.05, 0.1) is 11.2 Å². The van der Waals surface area contributed by atoms with Crippen LogP contribution in [0.5, 0.6) is 0 Å². The zero-order valence-electron chi connectivity index (χ0n) is 20.0. The average molecular weight is 462 g/mol. The molecule has 1 aliphatic heterocycles. The summed E-state index contributed by atoms with van der Waals surface area (Å²) in [5.74, 6) is 0. The molecule has 0 unspecified atom stereocenters. The monoisotopic (exact) mass is 462 g/mol. The Morgan fingerprint density at radius 2 is 1.18 bits per heavy atom. The van der Waals surface area contributed by atoms with Gasteiger partial charge in [0.1, 0.15) is 0 Å². The lowest BCUT2D eigenvalue weighted by Crippen LogP contribution is -2.41. The average Bonchev–Trinajstić information content (AvgIpc) is 3.32. The van der Waals surface area contributed by atoms with E-state index in [1.165, 1.54) is 42.4 Å². The van der Waals surface area contributed by atoms with Gasteiger partial charge in [0, 0.05) is 20.2 Å². The summed E-state index contributed by atoms with van der Waals surface area (Å²) in [5, 5.41) is 2.50. The number of hydrogen-bond donors (Lipinski definition) is 0. The zero-order chi connectivity index (χ0) is 23.5. The Morgan fingerprint density at radius 1 is 0.588 bits per heavy atom. The molecule has 1 aromatic heterocycles. The second kappa shape index (κ2) is 7.81. The lowest BCUT2D eigenvalue weighted by atomic mass is 9.76. The summed E-state index contributed by atoms with van der Waals surface area (Å²) in [6.07, 6.45) is 0. The number of benzene rings is 4. The van der Waals surface area contributed by atoms with Crippen LogP contribution in [0.4, 0.5) is 0 Å². The summed E-state index contributed by atoms with van der Waals surface area (Å²) in [4.78, 5) is 0. The molecule has 0 amide bonds. The SMILES string of the molecule is CC1(C)OB(c2cccc3sc4ccc(-c5ccc(-c6ccccc6)cc5)cc4c23)OC1(C)C. The number of thiophene rings is 1. The first kappa shape index (κ1) is 21.6. The van der Waals surface area contributed by atoms with Crippen molar-refractivity contribution in [2.24, 2.45) is 0 Å². The van der Waals surface area contributed by atoms with Gasteiger partial charge in [0.15, 0.2) is 0 Å². The Bertz CT molecular complexity index is 1480. The highest BCUT2D eigenvalue weighted by Crippen LogP contribution is 2.40. The molecule has 0 spiro atoms. The molecule has 4 heteroatoms. The van der Waals surface area contributed by atoms with Crippen LogP contribution >= 0.6 is 11.3 Å². The minimum atomic E-state index is -0.375. The molecule has 0 aliphatic carbocycles. The normalized spacial score (nSPS) is 17.0. The molecule has 2 heterocycles. The van der Waals surface area contributed by atoms with Crippen molar-refractivity contribution in [3.63, 3.8) is 0 Å². The third kappa shape index (κ3) is 3.49. The third-order valence-electron chi connectivity index (χ3n) is 7.36. The number of hydrogen-bond acceptors (Lipinski definition) is 3. The first-order valence-corrected chi connectivity index (χ1v) is 12.6. The predicted octanol–water partition coefficient (Wildman–Crippen LogP) is 7.69. The van der Waals surface area contributed by atoms with Crippen LogP contribution in [0.25, 0.3) is 42.4 Å². The largest absolute Gasteiger partial charge is 0.495 e. The lowest BCUT2D eigenvalue weighted by Gasteiger charge is -2.32. The Hall–Kier alpha value is -2.92. The van der Waals surface area contributed by atoms with Crippen LogP contribution in [0.1, 0.15) is 27.7 Å². The Balaban J connectivity index is 1.44. The van der Waals surface area contributed by atoms with E-state index in [1.807, 2.05) is 11.3 Å². The lowest BCUT2D eigenvalue weighted by molar-refractivity contribution is 0.00578. The first-order chi connectivity index (χ1) is 16.3. The second-order valence-electron chi connectivity index (χ2n) is 10.1. The maximum Gasteiger partial charge on any atom is 0.495 e. The van der Waals surface area contributed by atoms with Gasteiger partial charge in [-0.05, 0) is 73.6 Å². The van der Waals surface area contributed by atoms with Crippen molar-refractivity contribution in [3.05, 3.63) is 91.0 Å². The molecule has 0 bridgehead atoms. The highest BCUT2D eigenvalue weighted by Gasteiger charge is 2.52. The van der Waals surface area contributed by atoms with Gasteiger partial charge in [-0.25, -0.2) is 0 Å². The minimum Gasteiger partial charge on any atom is -0.399 e. The molecule has 1 saturated heterocycles. The van der Waals surface area contributed by atoms with Gasteiger partial charge in [-0.1, -0.05) is 72.8 Å².